The van der Waals surface area contributed by atoms with E-state index in [4.69, 9.17) is 23.2 Å². The number of carbonyl (C=O) groups excluding carboxylic acids is 1. The zero-order chi connectivity index (χ0) is 17.0. The molecule has 2 aromatic rings. The number of carboxylic acid groups (broad SMARTS) is 1. The van der Waals surface area contributed by atoms with Gasteiger partial charge in [0, 0.05) is 12.1 Å². The molecule has 23 heavy (non-hydrogen) atoms. The largest absolute Gasteiger partial charge is 0.481 e. The smallest absolute Gasteiger partial charge is 0.314 e. The van der Waals surface area contributed by atoms with Crippen LogP contribution < -0.4 is 5.32 Å². The molecule has 2 N–H and O–H groups in total. The van der Waals surface area contributed by atoms with Gasteiger partial charge in [0.25, 0.3) is 0 Å². The molecule has 0 aliphatic heterocycles. The summed E-state index contributed by atoms with van der Waals surface area (Å²) in [6.45, 7) is 1.53. The lowest BCUT2D eigenvalue weighted by atomic mass is 9.79. The summed E-state index contributed by atoms with van der Waals surface area (Å²) < 4.78 is 0. The second-order valence-corrected chi connectivity index (χ2v) is 6.17. The summed E-state index contributed by atoms with van der Waals surface area (Å²) in [6.07, 6.45) is -0.202. The van der Waals surface area contributed by atoms with E-state index in [0.29, 0.717) is 21.3 Å². The molecule has 0 saturated carbocycles. The van der Waals surface area contributed by atoms with Crippen LogP contribution in [0.5, 0.6) is 0 Å². The zero-order valence-electron chi connectivity index (χ0n) is 12.3. The Hall–Kier alpha value is -2.04. The van der Waals surface area contributed by atoms with Crippen molar-refractivity contribution in [3.8, 4) is 0 Å². The first-order valence-electron chi connectivity index (χ1n) is 6.87. The van der Waals surface area contributed by atoms with E-state index in [1.165, 1.54) is 13.0 Å². The maximum Gasteiger partial charge on any atom is 0.314 e. The molecular weight excluding hydrogens is 337 g/mol. The minimum atomic E-state index is -1.32. The average molecular weight is 352 g/mol. The first kappa shape index (κ1) is 17.3. The minimum absolute atomic E-state index is 0.202. The van der Waals surface area contributed by atoms with Crippen LogP contribution in [0.15, 0.2) is 48.5 Å². The van der Waals surface area contributed by atoms with Gasteiger partial charge in [0.15, 0.2) is 0 Å². The maximum absolute atomic E-state index is 12.3. The van der Waals surface area contributed by atoms with Crippen LogP contribution in [0.1, 0.15) is 18.9 Å². The van der Waals surface area contributed by atoms with Crippen molar-refractivity contribution in [2.24, 2.45) is 0 Å². The van der Waals surface area contributed by atoms with Gasteiger partial charge in [-0.1, -0.05) is 53.5 Å². The van der Waals surface area contributed by atoms with E-state index < -0.39 is 17.3 Å². The average Bonchev–Trinajstić information content (AvgIpc) is 2.51. The highest BCUT2D eigenvalue weighted by Crippen LogP contribution is 2.29. The van der Waals surface area contributed by atoms with Crippen molar-refractivity contribution in [1.82, 2.24) is 0 Å². The highest BCUT2D eigenvalue weighted by atomic mass is 35.5. The van der Waals surface area contributed by atoms with E-state index in [0.717, 1.165) is 0 Å². The van der Waals surface area contributed by atoms with Crippen molar-refractivity contribution in [3.63, 3.8) is 0 Å². The van der Waals surface area contributed by atoms with Gasteiger partial charge in [0.1, 0.15) is 0 Å². The molecule has 0 aliphatic carbocycles. The van der Waals surface area contributed by atoms with Crippen molar-refractivity contribution in [2.75, 3.05) is 5.32 Å². The topological polar surface area (TPSA) is 66.4 Å². The molecule has 1 unspecified atom stereocenters. The summed E-state index contributed by atoms with van der Waals surface area (Å²) in [5.41, 5.74) is -0.288. The molecule has 1 amide bonds. The monoisotopic (exact) mass is 351 g/mol. The van der Waals surface area contributed by atoms with Gasteiger partial charge in [0.2, 0.25) is 5.91 Å². The summed E-state index contributed by atoms with van der Waals surface area (Å²) in [7, 11) is 0. The number of halogens is 2. The van der Waals surface area contributed by atoms with Gasteiger partial charge in [0.05, 0.1) is 15.5 Å². The van der Waals surface area contributed by atoms with Crippen molar-refractivity contribution >= 4 is 40.8 Å². The molecule has 4 nitrogen and oxygen atoms in total. The van der Waals surface area contributed by atoms with Gasteiger partial charge in [-0.2, -0.15) is 0 Å². The second kappa shape index (κ2) is 7.02. The van der Waals surface area contributed by atoms with Crippen LogP contribution in [0.4, 0.5) is 5.69 Å². The molecule has 2 aromatic carbocycles. The number of hydrogen-bond donors (Lipinski definition) is 2. The number of carbonyl (C=O) groups is 2. The molecule has 0 bridgehead atoms. The van der Waals surface area contributed by atoms with Crippen LogP contribution in [-0.2, 0) is 15.0 Å². The number of rotatable bonds is 5. The Bertz CT molecular complexity index is 734. The molecule has 0 spiro atoms. The van der Waals surface area contributed by atoms with Gasteiger partial charge >= 0.3 is 5.97 Å². The number of anilines is 1. The van der Waals surface area contributed by atoms with Crippen LogP contribution in [0.2, 0.25) is 10.0 Å². The van der Waals surface area contributed by atoms with Gasteiger partial charge in [-0.25, -0.2) is 0 Å². The van der Waals surface area contributed by atoms with E-state index in [1.54, 1.807) is 42.5 Å². The van der Waals surface area contributed by atoms with Crippen molar-refractivity contribution < 1.29 is 14.7 Å². The van der Waals surface area contributed by atoms with Crippen LogP contribution in [0.25, 0.3) is 0 Å². The number of hydrogen-bond acceptors (Lipinski definition) is 2. The second-order valence-electron chi connectivity index (χ2n) is 5.36. The summed E-state index contributed by atoms with van der Waals surface area (Å²) in [5, 5.41) is 12.9. The number of benzene rings is 2. The predicted octanol–water partition coefficient (Wildman–Crippen LogP) is 4.36. The lowest BCUT2D eigenvalue weighted by Crippen LogP contribution is -2.36. The van der Waals surface area contributed by atoms with Crippen molar-refractivity contribution in [1.29, 1.82) is 0 Å². The van der Waals surface area contributed by atoms with Gasteiger partial charge in [-0.15, -0.1) is 0 Å². The van der Waals surface area contributed by atoms with E-state index >= 15 is 0 Å². The van der Waals surface area contributed by atoms with Gasteiger partial charge in [-0.05, 0) is 30.7 Å². The fraction of sp³-hybridized carbons (Fsp3) is 0.176. The number of nitrogens with one attached hydrogen (secondary N) is 1. The molecule has 0 saturated heterocycles. The molecule has 0 aromatic heterocycles. The van der Waals surface area contributed by atoms with Gasteiger partial charge in [-0.3, -0.25) is 9.59 Å². The minimum Gasteiger partial charge on any atom is -0.481 e. The Labute approximate surface area is 144 Å². The molecular formula is C17H15Cl2NO3. The zero-order valence-corrected chi connectivity index (χ0v) is 13.9. The van der Waals surface area contributed by atoms with Crippen LogP contribution in [-0.4, -0.2) is 17.0 Å². The summed E-state index contributed by atoms with van der Waals surface area (Å²) in [5.74, 6) is -1.48. The number of carboxylic acids is 1. The van der Waals surface area contributed by atoms with E-state index in [1.807, 2.05) is 0 Å². The van der Waals surface area contributed by atoms with E-state index in [-0.39, 0.29) is 6.42 Å². The quantitative estimate of drug-likeness (QED) is 0.840. The van der Waals surface area contributed by atoms with Crippen LogP contribution >= 0.6 is 23.2 Å². The lowest BCUT2D eigenvalue weighted by Gasteiger charge is -2.24. The Kier molecular flexibility index (Phi) is 5.29. The molecule has 2 rings (SSSR count). The van der Waals surface area contributed by atoms with E-state index in [2.05, 4.69) is 5.32 Å². The fourth-order valence-electron chi connectivity index (χ4n) is 2.21. The number of amides is 1. The van der Waals surface area contributed by atoms with Crippen molar-refractivity contribution in [2.45, 2.75) is 18.8 Å². The number of aliphatic carboxylic acids is 1. The Morgan fingerprint density at radius 2 is 1.74 bits per heavy atom. The third-order valence-electron chi connectivity index (χ3n) is 3.60. The first-order valence-corrected chi connectivity index (χ1v) is 7.62. The highest BCUT2D eigenvalue weighted by molar-refractivity contribution is 6.42. The van der Waals surface area contributed by atoms with Crippen LogP contribution in [0.3, 0.4) is 0 Å². The normalized spacial score (nSPS) is 13.2. The molecule has 0 aliphatic rings. The first-order chi connectivity index (χ1) is 10.8. The Morgan fingerprint density at radius 1 is 1.09 bits per heavy atom. The molecule has 0 fully saturated rings. The molecule has 0 radical (unpaired) electrons. The summed E-state index contributed by atoms with van der Waals surface area (Å²) in [6, 6.07) is 13.4. The molecule has 120 valence electrons. The summed E-state index contributed by atoms with van der Waals surface area (Å²) in [4.78, 5) is 23.9. The third-order valence-corrected chi connectivity index (χ3v) is 4.34. The van der Waals surface area contributed by atoms with Crippen molar-refractivity contribution in [3.05, 3.63) is 64.1 Å². The maximum atomic E-state index is 12.3. The van der Waals surface area contributed by atoms with E-state index in [9.17, 15) is 14.7 Å². The lowest BCUT2D eigenvalue weighted by molar-refractivity contribution is -0.145. The molecule has 1 atom stereocenters. The third kappa shape index (κ3) is 4.03. The molecule has 0 heterocycles. The highest BCUT2D eigenvalue weighted by Gasteiger charge is 2.37. The predicted molar refractivity (Wildman–Crippen MR) is 91.1 cm³/mol. The standard InChI is InChI=1S/C17H15Cl2NO3/c1-17(16(22)23,11-5-3-2-4-6-11)10-15(21)20-12-7-8-13(18)14(19)9-12/h2-9H,10H2,1H3,(H,20,21)(H,22,23). The van der Waals surface area contributed by atoms with Gasteiger partial charge < -0.3 is 10.4 Å². The fourth-order valence-corrected chi connectivity index (χ4v) is 2.51. The Morgan fingerprint density at radius 3 is 2.30 bits per heavy atom. The van der Waals surface area contributed by atoms with Crippen LogP contribution in [0, 0.1) is 0 Å². The SMILES string of the molecule is CC(CC(=O)Nc1ccc(Cl)c(Cl)c1)(C(=O)O)c1ccccc1. The summed E-state index contributed by atoms with van der Waals surface area (Å²) >= 11 is 11.7. The molecule has 6 heteroatoms. The Balaban J connectivity index is 2.19.